The molecule has 0 bridgehead atoms. The van der Waals surface area contributed by atoms with Crippen LogP contribution in [-0.2, 0) is 0 Å². The van der Waals surface area contributed by atoms with Gasteiger partial charge in [-0.2, -0.15) is 0 Å². The predicted molar refractivity (Wildman–Crippen MR) is 91.7 cm³/mol. The molecule has 0 N–H and O–H groups in total. The van der Waals surface area contributed by atoms with Crippen molar-refractivity contribution in [2.75, 3.05) is 0 Å². The van der Waals surface area contributed by atoms with Gasteiger partial charge in [-0.3, -0.25) is 14.5 Å². The Labute approximate surface area is 137 Å². The Balaban J connectivity index is 1.92. The first-order chi connectivity index (χ1) is 10.5. The minimum Gasteiger partial charge on any atom is -0.271 e. The molecule has 1 atom stereocenters. The van der Waals surface area contributed by atoms with Gasteiger partial charge in [0.1, 0.15) is 0 Å². The lowest BCUT2D eigenvalue weighted by atomic mass is 10.1. The van der Waals surface area contributed by atoms with Gasteiger partial charge < -0.3 is 0 Å². The number of fused-ring (bicyclic) bond motifs is 1. The fourth-order valence-corrected chi connectivity index (χ4v) is 4.32. The molecule has 4 heteroatoms. The van der Waals surface area contributed by atoms with E-state index >= 15 is 0 Å². The third-order valence-corrected chi connectivity index (χ3v) is 5.56. The highest BCUT2D eigenvalue weighted by Gasteiger charge is 2.41. The van der Waals surface area contributed by atoms with Crippen LogP contribution in [0.25, 0.3) is 0 Å². The lowest BCUT2D eigenvalue weighted by Crippen LogP contribution is -2.38. The third-order valence-electron chi connectivity index (χ3n) is 4.54. The van der Waals surface area contributed by atoms with Crippen molar-refractivity contribution in [2.24, 2.45) is 0 Å². The van der Waals surface area contributed by atoms with Crippen LogP contribution in [0.5, 0.6) is 0 Å². The zero-order valence-corrected chi connectivity index (χ0v) is 15.0. The second-order valence-corrected chi connectivity index (χ2v) is 7.78. The van der Waals surface area contributed by atoms with Gasteiger partial charge in [0, 0.05) is 15.8 Å². The Bertz CT molecular complexity index is 525. The second kappa shape index (κ2) is 7.40. The summed E-state index contributed by atoms with van der Waals surface area (Å²) in [4.78, 5) is 28.6. The van der Waals surface area contributed by atoms with Crippen LogP contribution in [0.1, 0.15) is 89.3 Å². The number of carbonyl (C=O) groups is 2. The van der Waals surface area contributed by atoms with E-state index in [4.69, 9.17) is 0 Å². The molecule has 3 nitrogen and oxygen atoms in total. The highest BCUT2D eigenvalue weighted by Crippen LogP contribution is 2.36. The molecule has 1 aliphatic heterocycles. The average Bonchev–Trinajstić information content (AvgIpc) is 2.91. The molecule has 122 valence electrons. The molecule has 22 heavy (non-hydrogen) atoms. The SMILES string of the molecule is CCCCCCCCC(C)N1C(=O)c2c(C)sc(C)c2C1=O. The van der Waals surface area contributed by atoms with E-state index in [9.17, 15) is 9.59 Å². The van der Waals surface area contributed by atoms with E-state index in [0.29, 0.717) is 11.1 Å². The van der Waals surface area contributed by atoms with Crippen LogP contribution < -0.4 is 0 Å². The molecular weight excluding hydrogens is 294 g/mol. The van der Waals surface area contributed by atoms with E-state index in [0.717, 1.165) is 22.6 Å². The molecule has 0 fully saturated rings. The summed E-state index contributed by atoms with van der Waals surface area (Å²) in [6.45, 7) is 8.09. The van der Waals surface area contributed by atoms with Crippen molar-refractivity contribution in [1.29, 1.82) is 0 Å². The van der Waals surface area contributed by atoms with Crippen molar-refractivity contribution in [3.63, 3.8) is 0 Å². The van der Waals surface area contributed by atoms with Crippen LogP contribution in [0.15, 0.2) is 0 Å². The molecular formula is C18H27NO2S. The van der Waals surface area contributed by atoms with Gasteiger partial charge in [-0.1, -0.05) is 45.4 Å². The number of aryl methyl sites for hydroxylation is 2. The fraction of sp³-hybridized carbons (Fsp3) is 0.667. The summed E-state index contributed by atoms with van der Waals surface area (Å²) < 4.78 is 0. The summed E-state index contributed by atoms with van der Waals surface area (Å²) in [7, 11) is 0. The standard InChI is InChI=1S/C18H27NO2S/c1-5-6-7-8-9-10-11-12(2)19-17(20)15-13(3)22-14(4)16(15)18(19)21/h12H,5-11H2,1-4H3. The Morgan fingerprint density at radius 2 is 1.41 bits per heavy atom. The van der Waals surface area contributed by atoms with Crippen LogP contribution in [-0.4, -0.2) is 22.8 Å². The van der Waals surface area contributed by atoms with Crippen LogP contribution >= 0.6 is 11.3 Å². The number of hydrogen-bond acceptors (Lipinski definition) is 3. The van der Waals surface area contributed by atoms with Gasteiger partial charge in [0.25, 0.3) is 11.8 Å². The zero-order valence-electron chi connectivity index (χ0n) is 14.2. The minimum absolute atomic E-state index is 0.00220. The monoisotopic (exact) mass is 321 g/mol. The summed E-state index contributed by atoms with van der Waals surface area (Å²) in [5.41, 5.74) is 1.31. The quantitative estimate of drug-likeness (QED) is 0.493. The number of carbonyl (C=O) groups excluding carboxylic acids is 2. The largest absolute Gasteiger partial charge is 0.271 e. The molecule has 0 aromatic carbocycles. The molecule has 1 aromatic rings. The smallest absolute Gasteiger partial charge is 0.262 e. The van der Waals surface area contributed by atoms with Crippen LogP contribution in [0.2, 0.25) is 0 Å². The third kappa shape index (κ3) is 3.27. The first-order valence-corrected chi connectivity index (χ1v) is 9.28. The van der Waals surface area contributed by atoms with Crippen LogP contribution in [0.3, 0.4) is 0 Å². The topological polar surface area (TPSA) is 37.4 Å². The lowest BCUT2D eigenvalue weighted by Gasteiger charge is -2.23. The van der Waals surface area contributed by atoms with Gasteiger partial charge in [-0.05, 0) is 27.2 Å². The van der Waals surface area contributed by atoms with Crippen molar-refractivity contribution in [2.45, 2.75) is 78.7 Å². The summed E-state index contributed by atoms with van der Waals surface area (Å²) >= 11 is 1.55. The van der Waals surface area contributed by atoms with Crippen LogP contribution in [0, 0.1) is 13.8 Å². The van der Waals surface area contributed by atoms with Crippen LogP contribution in [0.4, 0.5) is 0 Å². The number of thiophene rings is 1. The van der Waals surface area contributed by atoms with Gasteiger partial charge in [0.15, 0.2) is 0 Å². The first kappa shape index (κ1) is 17.2. The van der Waals surface area contributed by atoms with Gasteiger partial charge >= 0.3 is 0 Å². The number of amides is 2. The summed E-state index contributed by atoms with van der Waals surface area (Å²) in [5, 5.41) is 0. The highest BCUT2D eigenvalue weighted by molar-refractivity contribution is 7.12. The fourth-order valence-electron chi connectivity index (χ4n) is 3.28. The van der Waals surface area contributed by atoms with E-state index in [2.05, 4.69) is 6.92 Å². The zero-order chi connectivity index (χ0) is 16.3. The molecule has 1 unspecified atom stereocenters. The Kier molecular flexibility index (Phi) is 5.79. The normalized spacial score (nSPS) is 15.5. The van der Waals surface area contributed by atoms with E-state index < -0.39 is 0 Å². The van der Waals surface area contributed by atoms with Crippen molar-refractivity contribution >= 4 is 23.2 Å². The van der Waals surface area contributed by atoms with Crippen molar-refractivity contribution < 1.29 is 9.59 Å². The maximum Gasteiger partial charge on any atom is 0.262 e. The van der Waals surface area contributed by atoms with Crippen molar-refractivity contribution in [3.05, 3.63) is 20.9 Å². The number of hydrogen-bond donors (Lipinski definition) is 0. The van der Waals surface area contributed by atoms with Crippen molar-refractivity contribution in [1.82, 2.24) is 4.90 Å². The lowest BCUT2D eigenvalue weighted by molar-refractivity contribution is 0.0587. The average molecular weight is 321 g/mol. The number of rotatable bonds is 8. The summed E-state index contributed by atoms with van der Waals surface area (Å²) in [6.07, 6.45) is 8.31. The predicted octanol–water partition coefficient (Wildman–Crippen LogP) is 5.10. The molecule has 0 saturated carbocycles. The number of nitrogens with zero attached hydrogens (tertiary/aromatic N) is 1. The van der Waals surface area contributed by atoms with E-state index in [1.54, 1.807) is 11.3 Å². The number of imide groups is 1. The maximum atomic E-state index is 12.6. The summed E-state index contributed by atoms with van der Waals surface area (Å²) in [6, 6.07) is 0.00220. The molecule has 0 saturated heterocycles. The van der Waals surface area contributed by atoms with Gasteiger partial charge in [0.05, 0.1) is 11.1 Å². The molecule has 1 aromatic heterocycles. The van der Waals surface area contributed by atoms with Gasteiger partial charge in [-0.25, -0.2) is 0 Å². The molecule has 1 aliphatic rings. The Morgan fingerprint density at radius 1 is 0.909 bits per heavy atom. The highest BCUT2D eigenvalue weighted by atomic mass is 32.1. The van der Waals surface area contributed by atoms with Crippen molar-refractivity contribution in [3.8, 4) is 0 Å². The number of unbranched alkanes of at least 4 members (excludes halogenated alkanes) is 5. The van der Waals surface area contributed by atoms with E-state index in [1.807, 2.05) is 20.8 Å². The van der Waals surface area contributed by atoms with Gasteiger partial charge in [-0.15, -0.1) is 11.3 Å². The van der Waals surface area contributed by atoms with E-state index in [1.165, 1.54) is 37.0 Å². The molecule has 2 heterocycles. The Hall–Kier alpha value is -1.16. The molecule has 0 aliphatic carbocycles. The van der Waals surface area contributed by atoms with E-state index in [-0.39, 0.29) is 17.9 Å². The van der Waals surface area contributed by atoms with Gasteiger partial charge in [0.2, 0.25) is 0 Å². The molecule has 0 spiro atoms. The minimum atomic E-state index is -0.0830. The second-order valence-electron chi connectivity index (χ2n) is 6.35. The Morgan fingerprint density at radius 3 is 1.95 bits per heavy atom. The maximum absolute atomic E-state index is 12.6. The molecule has 2 rings (SSSR count). The first-order valence-electron chi connectivity index (χ1n) is 8.46. The molecule has 0 radical (unpaired) electrons. The molecule has 2 amide bonds. The summed E-state index contributed by atoms with van der Waals surface area (Å²) in [5.74, 6) is -0.166.